The molecule has 3 aromatic carbocycles. The largest absolute Gasteiger partial charge is 0.493 e. The van der Waals surface area contributed by atoms with Gasteiger partial charge in [-0.2, -0.15) is 0 Å². The molecule has 0 saturated heterocycles. The smallest absolute Gasteiger partial charge is 0.261 e. The maximum atomic E-state index is 13.7. The van der Waals surface area contributed by atoms with Crippen LogP contribution in [0.1, 0.15) is 50.3 Å². The Labute approximate surface area is 265 Å². The third kappa shape index (κ3) is 6.63. The summed E-state index contributed by atoms with van der Waals surface area (Å²) in [6, 6.07) is 17.6. The number of carbonyl (C=O) groups excluding carboxylic acids is 3. The molecule has 11 nitrogen and oxygen atoms in total. The maximum absolute atomic E-state index is 13.7. The zero-order chi connectivity index (χ0) is 32.8. The number of amides is 2. The van der Waals surface area contributed by atoms with Crippen LogP contribution in [-0.2, 0) is 11.2 Å². The van der Waals surface area contributed by atoms with E-state index in [9.17, 15) is 14.4 Å². The number of para-hydroxylation sites is 1. The molecule has 0 aliphatic heterocycles. The molecule has 0 unspecified atom stereocenters. The van der Waals surface area contributed by atoms with Crippen molar-refractivity contribution in [3.8, 4) is 17.2 Å². The molecular formula is C35H33N3O8. The van der Waals surface area contributed by atoms with Crippen LogP contribution in [0.2, 0.25) is 0 Å². The number of furan rings is 1. The van der Waals surface area contributed by atoms with Gasteiger partial charge in [-0.25, -0.2) is 0 Å². The molecule has 0 atom stereocenters. The number of hydrogen-bond acceptors (Lipinski definition) is 9. The van der Waals surface area contributed by atoms with Crippen molar-refractivity contribution in [2.24, 2.45) is 0 Å². The number of hydrogen-bond donors (Lipinski definition) is 2. The summed E-state index contributed by atoms with van der Waals surface area (Å²) in [6.07, 6.45) is 3.43. The number of nitrogens with one attached hydrogen (secondary N) is 2. The van der Waals surface area contributed by atoms with Crippen LogP contribution in [0.25, 0.3) is 16.5 Å². The maximum Gasteiger partial charge on any atom is 0.261 e. The number of benzene rings is 3. The first-order valence-electron chi connectivity index (χ1n) is 14.4. The van der Waals surface area contributed by atoms with E-state index in [0.717, 1.165) is 11.1 Å². The lowest BCUT2D eigenvalue weighted by molar-refractivity contribution is -0.116. The van der Waals surface area contributed by atoms with E-state index in [1.807, 2.05) is 25.1 Å². The summed E-state index contributed by atoms with van der Waals surface area (Å²) >= 11 is 0. The van der Waals surface area contributed by atoms with Crippen LogP contribution in [0, 0.1) is 6.92 Å². The highest BCUT2D eigenvalue weighted by Gasteiger charge is 2.26. The Kier molecular flexibility index (Phi) is 9.51. The van der Waals surface area contributed by atoms with E-state index in [2.05, 4.69) is 15.8 Å². The second-order valence-electron chi connectivity index (χ2n) is 10.4. The topological polar surface area (TPSA) is 142 Å². The van der Waals surface area contributed by atoms with Gasteiger partial charge in [0, 0.05) is 23.6 Å². The number of nitrogens with zero attached hydrogens (tertiary/aromatic N) is 1. The molecular weight excluding hydrogens is 590 g/mol. The monoisotopic (exact) mass is 623 g/mol. The number of carbonyl (C=O) groups is 3. The van der Waals surface area contributed by atoms with Crippen molar-refractivity contribution >= 4 is 39.8 Å². The molecule has 0 fully saturated rings. The fourth-order valence-electron chi connectivity index (χ4n) is 4.95. The number of ketones is 1. The van der Waals surface area contributed by atoms with E-state index in [-0.39, 0.29) is 22.9 Å². The zero-order valence-electron chi connectivity index (χ0n) is 26.1. The second-order valence-corrected chi connectivity index (χ2v) is 10.4. The van der Waals surface area contributed by atoms with Crippen molar-refractivity contribution < 1.29 is 37.5 Å². The van der Waals surface area contributed by atoms with Crippen LogP contribution < -0.4 is 24.8 Å². The number of fused-ring (bicyclic) bond motifs is 1. The minimum absolute atomic E-state index is 0.0594. The third-order valence-electron chi connectivity index (χ3n) is 7.45. The standard InChI is InChI=1S/C35H33N3O8/c1-20(17-30(39)36-16-15-22-9-14-27(42-3)29(18-22)44-5)23-10-12-24(13-11-23)32(40)34-31(38-35(41)26-19-37-46-21(26)2)25-7-6-8-28(43-4)33(25)45-34/h6-14,17-19H,15-16H2,1-5H3,(H,36,39)(H,38,41)/b20-17-. The van der Waals surface area contributed by atoms with E-state index in [0.29, 0.717) is 58.1 Å². The molecule has 0 radical (unpaired) electrons. The minimum Gasteiger partial charge on any atom is -0.493 e. The van der Waals surface area contributed by atoms with Crippen molar-refractivity contribution in [2.45, 2.75) is 20.3 Å². The Morgan fingerprint density at radius 1 is 0.891 bits per heavy atom. The number of rotatable bonds is 12. The number of allylic oxidation sites excluding steroid dienone is 1. The number of aryl methyl sites for hydroxylation is 1. The van der Waals surface area contributed by atoms with Gasteiger partial charge in [0.05, 0.1) is 33.2 Å². The number of aromatic nitrogens is 1. The predicted molar refractivity (Wildman–Crippen MR) is 172 cm³/mol. The third-order valence-corrected chi connectivity index (χ3v) is 7.45. The van der Waals surface area contributed by atoms with Gasteiger partial charge in [0.15, 0.2) is 28.6 Å². The summed E-state index contributed by atoms with van der Waals surface area (Å²) < 4.78 is 27.1. The van der Waals surface area contributed by atoms with Crippen molar-refractivity contribution in [3.63, 3.8) is 0 Å². The Morgan fingerprint density at radius 3 is 2.28 bits per heavy atom. The molecule has 11 heteroatoms. The van der Waals surface area contributed by atoms with Gasteiger partial charge >= 0.3 is 0 Å². The molecule has 46 heavy (non-hydrogen) atoms. The van der Waals surface area contributed by atoms with E-state index < -0.39 is 11.7 Å². The average Bonchev–Trinajstić information content (AvgIpc) is 3.67. The average molecular weight is 624 g/mol. The van der Waals surface area contributed by atoms with Gasteiger partial charge in [0.25, 0.3) is 5.91 Å². The first kappa shape index (κ1) is 31.6. The Hall–Kier alpha value is -5.84. The quantitative estimate of drug-likeness (QED) is 0.126. The summed E-state index contributed by atoms with van der Waals surface area (Å²) in [5.41, 5.74) is 3.55. The van der Waals surface area contributed by atoms with Crippen molar-refractivity contribution in [1.82, 2.24) is 10.5 Å². The number of methoxy groups -OCH3 is 3. The number of ether oxygens (including phenoxy) is 3. The van der Waals surface area contributed by atoms with Crippen LogP contribution in [-0.4, -0.2) is 50.6 Å². The fraction of sp³-hybridized carbons (Fsp3) is 0.200. The number of anilines is 1. The first-order valence-corrected chi connectivity index (χ1v) is 14.4. The molecule has 0 aliphatic rings. The molecule has 0 spiro atoms. The van der Waals surface area contributed by atoms with Gasteiger partial charge in [0.1, 0.15) is 11.3 Å². The van der Waals surface area contributed by atoms with Gasteiger partial charge in [-0.1, -0.05) is 41.6 Å². The summed E-state index contributed by atoms with van der Waals surface area (Å²) in [4.78, 5) is 39.4. The van der Waals surface area contributed by atoms with Gasteiger partial charge in [0.2, 0.25) is 11.7 Å². The van der Waals surface area contributed by atoms with Gasteiger partial charge in [-0.05, 0) is 61.2 Å². The SMILES string of the molecule is COc1ccc(CCNC(=O)/C=C(/C)c2ccc(C(=O)c3oc4c(OC)cccc4c3NC(=O)c3cnoc3C)cc2)cc1OC. The first-order chi connectivity index (χ1) is 22.2. The van der Waals surface area contributed by atoms with E-state index in [1.54, 1.807) is 63.6 Å². The molecule has 0 saturated carbocycles. The molecule has 2 N–H and O–H groups in total. The van der Waals surface area contributed by atoms with E-state index in [1.165, 1.54) is 19.4 Å². The lowest BCUT2D eigenvalue weighted by Gasteiger charge is -2.10. The second kappa shape index (κ2) is 13.9. The Balaban J connectivity index is 1.31. The molecule has 5 rings (SSSR count). The van der Waals surface area contributed by atoms with Crippen LogP contribution in [0.4, 0.5) is 5.69 Å². The van der Waals surface area contributed by atoms with Gasteiger partial charge in [-0.3, -0.25) is 14.4 Å². The summed E-state index contributed by atoms with van der Waals surface area (Å²) in [6.45, 7) is 3.87. The Morgan fingerprint density at radius 2 is 1.61 bits per heavy atom. The molecule has 5 aromatic rings. The van der Waals surface area contributed by atoms with Crippen molar-refractivity contribution in [3.05, 3.63) is 107 Å². The molecule has 2 aromatic heterocycles. The molecule has 2 heterocycles. The van der Waals surface area contributed by atoms with Crippen molar-refractivity contribution in [1.29, 1.82) is 0 Å². The van der Waals surface area contributed by atoms with Crippen LogP contribution >= 0.6 is 0 Å². The highest BCUT2D eigenvalue weighted by Crippen LogP contribution is 2.38. The van der Waals surface area contributed by atoms with Crippen LogP contribution in [0.3, 0.4) is 0 Å². The molecule has 236 valence electrons. The predicted octanol–water partition coefficient (Wildman–Crippen LogP) is 6.00. The summed E-state index contributed by atoms with van der Waals surface area (Å²) in [7, 11) is 4.65. The highest BCUT2D eigenvalue weighted by molar-refractivity contribution is 6.19. The molecule has 0 aliphatic carbocycles. The summed E-state index contributed by atoms with van der Waals surface area (Å²) in [5, 5.41) is 9.85. The Bertz CT molecular complexity index is 1940. The zero-order valence-corrected chi connectivity index (χ0v) is 26.1. The fourth-order valence-corrected chi connectivity index (χ4v) is 4.95. The van der Waals surface area contributed by atoms with E-state index in [4.69, 9.17) is 23.2 Å². The molecule has 0 bridgehead atoms. The van der Waals surface area contributed by atoms with Crippen LogP contribution in [0.5, 0.6) is 17.2 Å². The molecule has 2 amide bonds. The minimum atomic E-state index is -0.503. The van der Waals surface area contributed by atoms with Crippen LogP contribution in [0.15, 0.2) is 81.9 Å². The summed E-state index contributed by atoms with van der Waals surface area (Å²) in [5.74, 6) is 0.770. The lowest BCUT2D eigenvalue weighted by Crippen LogP contribution is -2.23. The lowest BCUT2D eigenvalue weighted by atomic mass is 10.0. The van der Waals surface area contributed by atoms with E-state index >= 15 is 0 Å². The van der Waals surface area contributed by atoms with Crippen molar-refractivity contribution in [2.75, 3.05) is 33.2 Å². The normalized spacial score (nSPS) is 11.3. The van der Waals surface area contributed by atoms with Gasteiger partial charge in [-0.15, -0.1) is 0 Å². The highest BCUT2D eigenvalue weighted by atomic mass is 16.5. The van der Waals surface area contributed by atoms with Gasteiger partial charge < -0.3 is 33.8 Å².